The van der Waals surface area contributed by atoms with Gasteiger partial charge in [-0.2, -0.15) is 0 Å². The molecule has 23 heavy (non-hydrogen) atoms. The minimum atomic E-state index is -2.93. The number of nitrogens with one attached hydrogen (secondary N) is 1. The first-order chi connectivity index (χ1) is 10.7. The van der Waals surface area contributed by atoms with Crippen LogP contribution in [0.25, 0.3) is 0 Å². The SMILES string of the molecule is Cc1cc(NC(=O)C2CC23CCS(=O)(=O)CC3)ccc1C(=O)O. The molecule has 0 bridgehead atoms. The van der Waals surface area contributed by atoms with Gasteiger partial charge >= 0.3 is 5.97 Å². The van der Waals surface area contributed by atoms with Crippen molar-refractivity contribution in [3.05, 3.63) is 29.3 Å². The van der Waals surface area contributed by atoms with Gasteiger partial charge in [-0.05, 0) is 55.4 Å². The van der Waals surface area contributed by atoms with Crippen molar-refractivity contribution in [2.75, 3.05) is 16.8 Å². The van der Waals surface area contributed by atoms with Gasteiger partial charge in [-0.1, -0.05) is 0 Å². The molecule has 7 heteroatoms. The summed E-state index contributed by atoms with van der Waals surface area (Å²) in [4.78, 5) is 23.4. The predicted octanol–water partition coefficient (Wildman–Crippen LogP) is 1.85. The first-order valence-corrected chi connectivity index (χ1v) is 9.40. The van der Waals surface area contributed by atoms with Crippen LogP contribution in [0.4, 0.5) is 5.69 Å². The van der Waals surface area contributed by atoms with E-state index in [0.717, 1.165) is 6.42 Å². The van der Waals surface area contributed by atoms with Crippen molar-refractivity contribution in [2.24, 2.45) is 11.3 Å². The molecular weight excluding hydrogens is 318 g/mol. The largest absolute Gasteiger partial charge is 0.478 e. The summed E-state index contributed by atoms with van der Waals surface area (Å²) in [6, 6.07) is 4.69. The minimum Gasteiger partial charge on any atom is -0.478 e. The number of amides is 1. The van der Waals surface area contributed by atoms with E-state index >= 15 is 0 Å². The van der Waals surface area contributed by atoms with E-state index in [0.29, 0.717) is 24.1 Å². The van der Waals surface area contributed by atoms with Gasteiger partial charge < -0.3 is 10.4 Å². The average Bonchev–Trinajstić information content (AvgIpc) is 3.17. The Hall–Kier alpha value is -1.89. The van der Waals surface area contributed by atoms with E-state index in [1.807, 2.05) is 0 Å². The summed E-state index contributed by atoms with van der Waals surface area (Å²) in [5.41, 5.74) is 1.22. The zero-order chi connectivity index (χ0) is 16.8. The number of carbonyl (C=O) groups is 2. The second-order valence-corrected chi connectivity index (χ2v) is 8.90. The number of carbonyl (C=O) groups excluding carboxylic acids is 1. The van der Waals surface area contributed by atoms with Crippen LogP contribution in [-0.2, 0) is 14.6 Å². The fourth-order valence-corrected chi connectivity index (χ4v) is 5.07. The van der Waals surface area contributed by atoms with E-state index in [4.69, 9.17) is 5.11 Å². The summed E-state index contributed by atoms with van der Waals surface area (Å²) in [6.07, 6.45) is 1.86. The molecule has 0 aromatic heterocycles. The van der Waals surface area contributed by atoms with E-state index in [2.05, 4.69) is 5.32 Å². The van der Waals surface area contributed by atoms with Crippen molar-refractivity contribution in [1.29, 1.82) is 0 Å². The molecule has 2 fully saturated rings. The highest BCUT2D eigenvalue weighted by Crippen LogP contribution is 2.60. The molecule has 124 valence electrons. The maximum atomic E-state index is 12.4. The molecule has 1 aliphatic heterocycles. The van der Waals surface area contributed by atoms with Gasteiger partial charge in [-0.3, -0.25) is 4.79 Å². The van der Waals surface area contributed by atoms with Gasteiger partial charge in [0.05, 0.1) is 17.1 Å². The zero-order valence-electron chi connectivity index (χ0n) is 12.8. The van der Waals surface area contributed by atoms with Crippen LogP contribution in [0.1, 0.15) is 35.2 Å². The van der Waals surface area contributed by atoms with Gasteiger partial charge in [-0.25, -0.2) is 13.2 Å². The summed E-state index contributed by atoms with van der Waals surface area (Å²) in [5, 5.41) is 11.8. The molecule has 1 unspecified atom stereocenters. The lowest BCUT2D eigenvalue weighted by atomic mass is 9.96. The maximum absolute atomic E-state index is 12.4. The maximum Gasteiger partial charge on any atom is 0.335 e. The predicted molar refractivity (Wildman–Crippen MR) is 85.2 cm³/mol. The van der Waals surface area contributed by atoms with E-state index in [1.165, 1.54) is 6.07 Å². The highest BCUT2D eigenvalue weighted by molar-refractivity contribution is 7.91. The number of carboxylic acid groups (broad SMARTS) is 1. The molecule has 1 amide bonds. The van der Waals surface area contributed by atoms with Gasteiger partial charge in [0, 0.05) is 11.6 Å². The Morgan fingerprint density at radius 1 is 1.26 bits per heavy atom. The fourth-order valence-electron chi connectivity index (χ4n) is 3.43. The van der Waals surface area contributed by atoms with Crippen molar-refractivity contribution in [1.82, 2.24) is 0 Å². The summed E-state index contributed by atoms with van der Waals surface area (Å²) < 4.78 is 23.0. The zero-order valence-corrected chi connectivity index (χ0v) is 13.6. The lowest BCUT2D eigenvalue weighted by Crippen LogP contribution is -2.28. The highest BCUT2D eigenvalue weighted by atomic mass is 32.2. The number of benzene rings is 1. The fraction of sp³-hybridized carbons (Fsp3) is 0.500. The van der Waals surface area contributed by atoms with Crippen molar-refractivity contribution < 1.29 is 23.1 Å². The molecule has 1 aromatic rings. The normalized spacial score (nSPS) is 24.1. The topological polar surface area (TPSA) is 101 Å². The second-order valence-electron chi connectivity index (χ2n) is 6.60. The van der Waals surface area contributed by atoms with E-state index < -0.39 is 15.8 Å². The molecule has 0 radical (unpaired) electrons. The molecule has 2 N–H and O–H groups in total. The number of rotatable bonds is 3. The van der Waals surface area contributed by atoms with Gasteiger partial charge in [0.25, 0.3) is 0 Å². The Morgan fingerprint density at radius 3 is 2.48 bits per heavy atom. The number of aryl methyl sites for hydroxylation is 1. The molecule has 1 saturated heterocycles. The summed E-state index contributed by atoms with van der Waals surface area (Å²) >= 11 is 0. The third-order valence-corrected chi connectivity index (χ3v) is 6.70. The van der Waals surface area contributed by atoms with Gasteiger partial charge in [0.1, 0.15) is 9.84 Å². The Bertz CT molecular complexity index is 770. The van der Waals surface area contributed by atoms with Gasteiger partial charge in [0.2, 0.25) is 5.91 Å². The number of sulfone groups is 1. The summed E-state index contributed by atoms with van der Waals surface area (Å²) in [6.45, 7) is 1.68. The first kappa shape index (κ1) is 16.0. The number of hydrogen-bond donors (Lipinski definition) is 2. The molecule has 1 saturated carbocycles. The molecule has 1 aliphatic carbocycles. The quantitative estimate of drug-likeness (QED) is 0.876. The average molecular weight is 337 g/mol. The monoisotopic (exact) mass is 337 g/mol. The number of hydrogen-bond acceptors (Lipinski definition) is 4. The lowest BCUT2D eigenvalue weighted by Gasteiger charge is -2.22. The van der Waals surface area contributed by atoms with Crippen LogP contribution in [0.15, 0.2) is 18.2 Å². The Kier molecular flexibility index (Phi) is 3.71. The standard InChI is InChI=1S/C16H19NO5S/c1-10-8-11(2-3-12(10)15(19)20)17-14(18)13-9-16(13)4-6-23(21,22)7-5-16/h2-3,8,13H,4-7,9H2,1H3,(H,17,18)(H,19,20). The van der Waals surface area contributed by atoms with Crippen LogP contribution in [-0.4, -0.2) is 36.9 Å². The number of aromatic carboxylic acids is 1. The van der Waals surface area contributed by atoms with Crippen molar-refractivity contribution in [3.63, 3.8) is 0 Å². The molecule has 1 heterocycles. The first-order valence-electron chi connectivity index (χ1n) is 7.58. The Balaban J connectivity index is 1.65. The molecule has 6 nitrogen and oxygen atoms in total. The van der Waals surface area contributed by atoms with Crippen LogP contribution >= 0.6 is 0 Å². The third-order valence-electron chi connectivity index (χ3n) is 5.05. The molecule has 1 aromatic carbocycles. The third kappa shape index (κ3) is 3.10. The molecule has 1 atom stereocenters. The molecule has 3 rings (SSSR count). The Labute approximate surface area is 134 Å². The number of anilines is 1. The van der Waals surface area contributed by atoms with E-state index in [1.54, 1.807) is 19.1 Å². The van der Waals surface area contributed by atoms with E-state index in [-0.39, 0.29) is 34.3 Å². The van der Waals surface area contributed by atoms with Gasteiger partial charge in [-0.15, -0.1) is 0 Å². The van der Waals surface area contributed by atoms with Crippen LogP contribution < -0.4 is 5.32 Å². The van der Waals surface area contributed by atoms with Crippen molar-refractivity contribution >= 4 is 27.4 Å². The molecule has 1 spiro atoms. The van der Waals surface area contributed by atoms with Crippen molar-refractivity contribution in [2.45, 2.75) is 26.2 Å². The number of carboxylic acids is 1. The molecular formula is C16H19NO5S. The lowest BCUT2D eigenvalue weighted by molar-refractivity contribution is -0.118. The van der Waals surface area contributed by atoms with Crippen LogP contribution in [0, 0.1) is 18.3 Å². The van der Waals surface area contributed by atoms with Crippen LogP contribution in [0.5, 0.6) is 0 Å². The van der Waals surface area contributed by atoms with E-state index in [9.17, 15) is 18.0 Å². The minimum absolute atomic E-state index is 0.105. The molecule has 2 aliphatic rings. The smallest absolute Gasteiger partial charge is 0.335 e. The van der Waals surface area contributed by atoms with Crippen LogP contribution in [0.2, 0.25) is 0 Å². The van der Waals surface area contributed by atoms with Crippen molar-refractivity contribution in [3.8, 4) is 0 Å². The van der Waals surface area contributed by atoms with Gasteiger partial charge in [0.15, 0.2) is 0 Å². The summed E-state index contributed by atoms with van der Waals surface area (Å²) in [7, 11) is -2.93. The second kappa shape index (κ2) is 5.33. The highest BCUT2D eigenvalue weighted by Gasteiger charge is 2.59. The van der Waals surface area contributed by atoms with Crippen LogP contribution in [0.3, 0.4) is 0 Å². The summed E-state index contributed by atoms with van der Waals surface area (Å²) in [5.74, 6) is -0.902. The Morgan fingerprint density at radius 2 is 1.91 bits per heavy atom.